The first kappa shape index (κ1) is 16.3. The van der Waals surface area contributed by atoms with Gasteiger partial charge in [0.1, 0.15) is 4.88 Å². The van der Waals surface area contributed by atoms with E-state index >= 15 is 0 Å². The minimum atomic E-state index is -0.753. The lowest BCUT2D eigenvalue weighted by molar-refractivity contribution is -0.393. The zero-order valence-electron chi connectivity index (χ0n) is 12.5. The molecule has 0 radical (unpaired) electrons. The minimum Gasteiger partial charge on any atom is -0.397 e. The molecule has 0 unspecified atom stereocenters. The average molecular weight is 358 g/mol. The van der Waals surface area contributed by atoms with E-state index in [1.807, 2.05) is 0 Å². The van der Waals surface area contributed by atoms with E-state index in [-0.39, 0.29) is 20.7 Å². The van der Waals surface area contributed by atoms with Crippen LogP contribution in [0, 0.1) is 20.2 Å². The third-order valence-electron chi connectivity index (χ3n) is 3.44. The summed E-state index contributed by atoms with van der Waals surface area (Å²) >= 11 is 0.868. The number of amides is 1. The monoisotopic (exact) mass is 358 g/mol. The van der Waals surface area contributed by atoms with Crippen molar-refractivity contribution >= 4 is 50.1 Å². The van der Waals surface area contributed by atoms with Crippen molar-refractivity contribution in [3.8, 4) is 0 Å². The van der Waals surface area contributed by atoms with Crippen LogP contribution >= 0.6 is 11.3 Å². The van der Waals surface area contributed by atoms with Crippen LogP contribution < -0.4 is 11.1 Å². The molecule has 0 saturated heterocycles. The molecule has 10 heteroatoms. The van der Waals surface area contributed by atoms with Crippen molar-refractivity contribution in [2.45, 2.75) is 0 Å². The Hall–Kier alpha value is -3.53. The minimum absolute atomic E-state index is 0.0267. The lowest BCUT2D eigenvalue weighted by Gasteiger charge is -2.03. The van der Waals surface area contributed by atoms with Crippen LogP contribution in [0.2, 0.25) is 0 Å². The summed E-state index contributed by atoms with van der Waals surface area (Å²) in [5.74, 6) is -0.540. The summed E-state index contributed by atoms with van der Waals surface area (Å²) in [5, 5.41) is 24.9. The van der Waals surface area contributed by atoms with Gasteiger partial charge in [0.25, 0.3) is 17.3 Å². The Morgan fingerprint density at radius 2 is 1.76 bits per heavy atom. The van der Waals surface area contributed by atoms with Crippen LogP contribution in [0.15, 0.2) is 42.5 Å². The SMILES string of the molecule is Nc1c(C(=O)Nc2ccccc2)sc2cc([N+](=O)[O-])cc([N+](=O)[O-])c12. The van der Waals surface area contributed by atoms with E-state index in [4.69, 9.17) is 5.73 Å². The molecule has 25 heavy (non-hydrogen) atoms. The fourth-order valence-electron chi connectivity index (χ4n) is 2.34. The number of para-hydroxylation sites is 1. The van der Waals surface area contributed by atoms with Gasteiger partial charge >= 0.3 is 0 Å². The number of nitrogen functional groups attached to an aromatic ring is 1. The molecule has 126 valence electrons. The fraction of sp³-hybridized carbons (Fsp3) is 0. The summed E-state index contributed by atoms with van der Waals surface area (Å²) in [6.45, 7) is 0. The van der Waals surface area contributed by atoms with Gasteiger partial charge in [-0.2, -0.15) is 0 Å². The van der Waals surface area contributed by atoms with Gasteiger partial charge in [0.2, 0.25) is 0 Å². The lowest BCUT2D eigenvalue weighted by atomic mass is 10.1. The number of anilines is 2. The number of nitrogens with zero attached hydrogens (tertiary/aromatic N) is 2. The number of benzene rings is 2. The zero-order chi connectivity index (χ0) is 18.1. The fourth-order valence-corrected chi connectivity index (χ4v) is 3.42. The molecule has 1 aromatic heterocycles. The van der Waals surface area contributed by atoms with Gasteiger partial charge in [-0.1, -0.05) is 18.2 Å². The molecule has 0 saturated carbocycles. The maximum absolute atomic E-state index is 12.4. The number of non-ortho nitro benzene ring substituents is 2. The molecule has 3 rings (SSSR count). The van der Waals surface area contributed by atoms with E-state index in [1.54, 1.807) is 30.3 Å². The number of thiophene rings is 1. The predicted octanol–water partition coefficient (Wildman–Crippen LogP) is 3.55. The zero-order valence-corrected chi connectivity index (χ0v) is 13.3. The Kier molecular flexibility index (Phi) is 4.03. The number of hydrogen-bond acceptors (Lipinski definition) is 7. The number of carbonyl (C=O) groups excluding carboxylic acids is 1. The summed E-state index contributed by atoms with van der Waals surface area (Å²) in [4.78, 5) is 33.2. The van der Waals surface area contributed by atoms with Gasteiger partial charge < -0.3 is 11.1 Å². The van der Waals surface area contributed by atoms with Gasteiger partial charge in [0, 0.05) is 11.8 Å². The van der Waals surface area contributed by atoms with Gasteiger partial charge in [-0.3, -0.25) is 25.0 Å². The molecule has 9 nitrogen and oxygen atoms in total. The highest BCUT2D eigenvalue weighted by Gasteiger charge is 2.27. The molecule has 2 aromatic carbocycles. The molecule has 1 amide bonds. The molecule has 3 aromatic rings. The second kappa shape index (κ2) is 6.17. The topological polar surface area (TPSA) is 141 Å². The van der Waals surface area contributed by atoms with Gasteiger partial charge in [-0.15, -0.1) is 11.3 Å². The number of rotatable bonds is 4. The molecule has 0 atom stereocenters. The standard InChI is InChI=1S/C15H10N4O5S/c16-13-12-10(19(23)24)6-9(18(21)22)7-11(12)25-14(13)15(20)17-8-4-2-1-3-5-8/h1-7H,16H2,(H,17,20). The summed E-state index contributed by atoms with van der Waals surface area (Å²) < 4.78 is 0.205. The molecule has 1 heterocycles. The first-order valence-corrected chi connectivity index (χ1v) is 7.71. The highest BCUT2D eigenvalue weighted by atomic mass is 32.1. The van der Waals surface area contributed by atoms with E-state index in [1.165, 1.54) is 6.07 Å². The van der Waals surface area contributed by atoms with Crippen LogP contribution in [-0.2, 0) is 0 Å². The highest BCUT2D eigenvalue weighted by Crippen LogP contribution is 2.42. The Bertz CT molecular complexity index is 1020. The first-order chi connectivity index (χ1) is 11.9. The maximum atomic E-state index is 12.4. The Morgan fingerprint density at radius 1 is 1.08 bits per heavy atom. The summed E-state index contributed by atoms with van der Waals surface area (Å²) in [6, 6.07) is 10.6. The molecule has 0 aliphatic carbocycles. The molecular weight excluding hydrogens is 348 g/mol. The van der Waals surface area contributed by atoms with Crippen LogP contribution in [0.3, 0.4) is 0 Å². The van der Waals surface area contributed by atoms with Crippen LogP contribution in [0.1, 0.15) is 9.67 Å². The van der Waals surface area contributed by atoms with E-state index in [0.717, 1.165) is 17.4 Å². The number of nitro groups is 2. The molecule has 3 N–H and O–H groups in total. The van der Waals surface area contributed by atoms with Crippen LogP contribution in [0.5, 0.6) is 0 Å². The Morgan fingerprint density at radius 3 is 2.36 bits per heavy atom. The van der Waals surface area contributed by atoms with E-state index in [9.17, 15) is 25.0 Å². The van der Waals surface area contributed by atoms with Gasteiger partial charge in [-0.05, 0) is 12.1 Å². The highest BCUT2D eigenvalue weighted by molar-refractivity contribution is 7.21. The molecule has 0 fully saturated rings. The van der Waals surface area contributed by atoms with Gasteiger partial charge in [-0.25, -0.2) is 0 Å². The first-order valence-electron chi connectivity index (χ1n) is 6.89. The molecule has 0 bridgehead atoms. The van der Waals surface area contributed by atoms with E-state index in [0.29, 0.717) is 5.69 Å². The second-order valence-corrected chi connectivity index (χ2v) is 6.07. The third kappa shape index (κ3) is 2.97. The van der Waals surface area contributed by atoms with Crippen molar-refractivity contribution in [1.82, 2.24) is 0 Å². The summed E-state index contributed by atoms with van der Waals surface area (Å²) in [5.41, 5.74) is 5.45. The molecule has 0 aliphatic rings. The lowest BCUT2D eigenvalue weighted by Crippen LogP contribution is -2.11. The van der Waals surface area contributed by atoms with Crippen molar-refractivity contribution in [2.75, 3.05) is 11.1 Å². The number of carbonyl (C=O) groups is 1. The van der Waals surface area contributed by atoms with Gasteiger partial charge in [0.15, 0.2) is 0 Å². The van der Waals surface area contributed by atoms with Crippen LogP contribution in [-0.4, -0.2) is 15.8 Å². The molecular formula is C15H10N4O5S. The van der Waals surface area contributed by atoms with Crippen LogP contribution in [0.25, 0.3) is 10.1 Å². The maximum Gasteiger partial charge on any atom is 0.287 e. The van der Waals surface area contributed by atoms with Crippen molar-refractivity contribution < 1.29 is 14.6 Å². The number of nitrogens with two attached hydrogens (primary N) is 1. The smallest absolute Gasteiger partial charge is 0.287 e. The summed E-state index contributed by atoms with van der Waals surface area (Å²) in [6.07, 6.45) is 0. The van der Waals surface area contributed by atoms with E-state index < -0.39 is 27.1 Å². The van der Waals surface area contributed by atoms with Crippen molar-refractivity contribution in [3.05, 3.63) is 67.6 Å². The number of nitrogens with one attached hydrogen (secondary N) is 1. The van der Waals surface area contributed by atoms with E-state index in [2.05, 4.69) is 5.32 Å². The normalized spacial score (nSPS) is 10.6. The number of fused-ring (bicyclic) bond motifs is 1. The Balaban J connectivity index is 2.13. The largest absolute Gasteiger partial charge is 0.397 e. The second-order valence-electron chi connectivity index (χ2n) is 5.02. The Labute approximate surface area is 144 Å². The predicted molar refractivity (Wildman–Crippen MR) is 93.9 cm³/mol. The summed E-state index contributed by atoms with van der Waals surface area (Å²) in [7, 11) is 0. The van der Waals surface area contributed by atoms with Crippen molar-refractivity contribution in [1.29, 1.82) is 0 Å². The quantitative estimate of drug-likeness (QED) is 0.539. The third-order valence-corrected chi connectivity index (χ3v) is 4.59. The van der Waals surface area contributed by atoms with Gasteiger partial charge in [0.05, 0.1) is 31.7 Å². The number of hydrogen-bond donors (Lipinski definition) is 2. The van der Waals surface area contributed by atoms with Crippen molar-refractivity contribution in [2.24, 2.45) is 0 Å². The molecule has 0 spiro atoms. The molecule has 0 aliphatic heterocycles. The van der Waals surface area contributed by atoms with Crippen molar-refractivity contribution in [3.63, 3.8) is 0 Å². The average Bonchev–Trinajstić information content (AvgIpc) is 2.92. The van der Waals surface area contributed by atoms with Crippen LogP contribution in [0.4, 0.5) is 22.7 Å². The number of nitro benzene ring substituents is 2.